The summed E-state index contributed by atoms with van der Waals surface area (Å²) >= 11 is 0. The minimum Gasteiger partial charge on any atom is -0.316 e. The number of hydrogen-bond acceptors (Lipinski definition) is 2. The Balaban J connectivity index is 0.000000122. The van der Waals surface area contributed by atoms with E-state index in [1.807, 2.05) is 0 Å². The zero-order chi connectivity index (χ0) is 19.0. The number of likely N-dealkylation sites (tertiary alicyclic amines) is 1. The molecular weight excluding hydrogens is 340 g/mol. The van der Waals surface area contributed by atoms with Gasteiger partial charge in [-0.2, -0.15) is 0 Å². The minimum absolute atomic E-state index is 0.495. The average molecular weight is 375 g/mol. The van der Waals surface area contributed by atoms with Gasteiger partial charge in [-0.25, -0.2) is 0 Å². The van der Waals surface area contributed by atoms with Crippen molar-refractivity contribution < 1.29 is 0 Å². The lowest BCUT2D eigenvalue weighted by Crippen LogP contribution is -2.33. The predicted molar refractivity (Wildman–Crippen MR) is 117 cm³/mol. The number of hydrogen-bond donors (Lipinski definition) is 1. The molecule has 2 aliphatic carbocycles. The van der Waals surface area contributed by atoms with Crippen molar-refractivity contribution in [2.45, 2.75) is 55.8 Å². The molecule has 2 aromatic rings. The zero-order valence-corrected chi connectivity index (χ0v) is 17.3. The van der Waals surface area contributed by atoms with Gasteiger partial charge in [0.2, 0.25) is 0 Å². The van der Waals surface area contributed by atoms with E-state index in [0.29, 0.717) is 10.8 Å². The molecule has 0 amide bonds. The molecule has 2 heteroatoms. The van der Waals surface area contributed by atoms with Crippen molar-refractivity contribution >= 4 is 0 Å². The summed E-state index contributed by atoms with van der Waals surface area (Å²) in [6, 6.07) is 18.1. The van der Waals surface area contributed by atoms with E-state index in [4.69, 9.17) is 0 Å². The molecule has 1 N–H and O–H groups in total. The van der Waals surface area contributed by atoms with Crippen molar-refractivity contribution in [3.63, 3.8) is 0 Å². The fraction of sp³-hybridized carbons (Fsp3) is 0.538. The van der Waals surface area contributed by atoms with Crippen molar-refractivity contribution in [3.05, 3.63) is 70.8 Å². The quantitative estimate of drug-likeness (QED) is 0.732. The molecule has 0 bridgehead atoms. The maximum Gasteiger partial charge on any atom is 0.00982 e. The molecule has 2 atom stereocenters. The molecule has 0 aromatic heterocycles. The predicted octanol–water partition coefficient (Wildman–Crippen LogP) is 4.46. The first-order valence-electron chi connectivity index (χ1n) is 11.3. The smallest absolute Gasteiger partial charge is 0.00982 e. The highest BCUT2D eigenvalue weighted by Gasteiger charge is 2.42. The van der Waals surface area contributed by atoms with Crippen molar-refractivity contribution in [1.82, 2.24) is 10.2 Å². The molecule has 2 unspecified atom stereocenters. The van der Waals surface area contributed by atoms with Gasteiger partial charge in [-0.1, -0.05) is 48.5 Å². The summed E-state index contributed by atoms with van der Waals surface area (Å²) in [4.78, 5) is 2.47. The topological polar surface area (TPSA) is 15.3 Å². The third-order valence-corrected chi connectivity index (χ3v) is 7.94. The first kappa shape index (κ1) is 18.4. The van der Waals surface area contributed by atoms with Crippen LogP contribution in [0.2, 0.25) is 0 Å². The fourth-order valence-electron chi connectivity index (χ4n) is 6.46. The van der Waals surface area contributed by atoms with Gasteiger partial charge in [0.25, 0.3) is 0 Å². The van der Waals surface area contributed by atoms with Gasteiger partial charge in [0.05, 0.1) is 0 Å². The SMILES string of the molecule is CN1CCC2(CCc3ccccc32)C1.c1ccc2c(c1)CCCC21CCNC1. The van der Waals surface area contributed by atoms with Crippen LogP contribution in [0.5, 0.6) is 0 Å². The molecule has 2 fully saturated rings. The zero-order valence-electron chi connectivity index (χ0n) is 17.3. The van der Waals surface area contributed by atoms with Gasteiger partial charge in [0, 0.05) is 23.9 Å². The summed E-state index contributed by atoms with van der Waals surface area (Å²) in [6.45, 7) is 4.94. The maximum atomic E-state index is 3.52. The number of nitrogens with zero attached hydrogens (tertiary/aromatic N) is 1. The first-order chi connectivity index (χ1) is 13.7. The van der Waals surface area contributed by atoms with Crippen LogP contribution in [0.1, 0.15) is 54.4 Å². The van der Waals surface area contributed by atoms with Gasteiger partial charge >= 0.3 is 0 Å². The Labute approximate surface area is 170 Å². The van der Waals surface area contributed by atoms with Gasteiger partial charge < -0.3 is 10.2 Å². The number of likely N-dealkylation sites (N-methyl/N-ethyl adjacent to an activating group) is 1. The second kappa shape index (κ2) is 7.31. The summed E-state index contributed by atoms with van der Waals surface area (Å²) in [6.07, 6.45) is 9.42. The monoisotopic (exact) mass is 374 g/mol. The van der Waals surface area contributed by atoms with E-state index in [1.165, 1.54) is 71.1 Å². The van der Waals surface area contributed by atoms with Gasteiger partial charge in [-0.05, 0) is 87.3 Å². The van der Waals surface area contributed by atoms with Crippen LogP contribution in [-0.4, -0.2) is 38.1 Å². The lowest BCUT2D eigenvalue weighted by Gasteiger charge is -2.35. The number of fused-ring (bicyclic) bond motifs is 4. The Morgan fingerprint density at radius 3 is 2.18 bits per heavy atom. The molecule has 28 heavy (non-hydrogen) atoms. The highest BCUT2D eigenvalue weighted by atomic mass is 15.1. The molecule has 2 heterocycles. The van der Waals surface area contributed by atoms with Crippen LogP contribution in [0, 0.1) is 0 Å². The number of rotatable bonds is 0. The highest BCUT2D eigenvalue weighted by molar-refractivity contribution is 5.41. The number of benzene rings is 2. The Bertz CT molecular complexity index is 832. The van der Waals surface area contributed by atoms with E-state index in [-0.39, 0.29) is 0 Å². The summed E-state index contributed by atoms with van der Waals surface area (Å²) in [5, 5.41) is 3.52. The molecule has 148 valence electrons. The van der Waals surface area contributed by atoms with E-state index in [9.17, 15) is 0 Å². The van der Waals surface area contributed by atoms with Crippen LogP contribution < -0.4 is 5.32 Å². The summed E-state index contributed by atoms with van der Waals surface area (Å²) in [5.41, 5.74) is 7.49. The van der Waals surface area contributed by atoms with Crippen LogP contribution in [0.3, 0.4) is 0 Å². The Morgan fingerprint density at radius 1 is 0.786 bits per heavy atom. The minimum atomic E-state index is 0.495. The lowest BCUT2D eigenvalue weighted by molar-refractivity contribution is 0.366. The summed E-state index contributed by atoms with van der Waals surface area (Å²) < 4.78 is 0. The molecule has 2 spiro atoms. The van der Waals surface area contributed by atoms with E-state index >= 15 is 0 Å². The fourth-order valence-corrected chi connectivity index (χ4v) is 6.46. The molecule has 2 saturated heterocycles. The van der Waals surface area contributed by atoms with E-state index in [2.05, 4.69) is 65.8 Å². The molecule has 4 aliphatic rings. The molecule has 2 nitrogen and oxygen atoms in total. The van der Waals surface area contributed by atoms with Crippen LogP contribution in [-0.2, 0) is 23.7 Å². The first-order valence-corrected chi connectivity index (χ1v) is 11.3. The highest BCUT2D eigenvalue weighted by Crippen LogP contribution is 2.45. The van der Waals surface area contributed by atoms with Crippen LogP contribution >= 0.6 is 0 Å². The molecule has 0 radical (unpaired) electrons. The number of aryl methyl sites for hydroxylation is 2. The van der Waals surface area contributed by atoms with Crippen molar-refractivity contribution in [1.29, 1.82) is 0 Å². The van der Waals surface area contributed by atoms with E-state index < -0.39 is 0 Å². The third-order valence-electron chi connectivity index (χ3n) is 7.94. The Morgan fingerprint density at radius 2 is 1.50 bits per heavy atom. The van der Waals surface area contributed by atoms with Crippen molar-refractivity contribution in [2.75, 3.05) is 33.2 Å². The van der Waals surface area contributed by atoms with Crippen LogP contribution in [0.25, 0.3) is 0 Å². The van der Waals surface area contributed by atoms with Gasteiger partial charge in [-0.15, -0.1) is 0 Å². The lowest BCUT2D eigenvalue weighted by atomic mass is 9.69. The standard InChI is InChI=1S/2C13H17N/c1-14-9-8-13(10-14)7-6-11-4-2-3-5-12(11)13;1-2-6-12-11(4-1)5-3-7-13(12)8-9-14-10-13/h2-5H,6-10H2,1H3;1-2,4,6,14H,3,5,7-10H2. The summed E-state index contributed by atoms with van der Waals surface area (Å²) in [5.74, 6) is 0. The Kier molecular flexibility index (Phi) is 4.80. The molecular formula is C26H34N2. The second-order valence-corrected chi connectivity index (χ2v) is 9.64. The molecule has 2 aliphatic heterocycles. The Hall–Kier alpha value is -1.64. The molecule has 6 rings (SSSR count). The molecule has 2 aromatic carbocycles. The van der Waals surface area contributed by atoms with Crippen LogP contribution in [0.4, 0.5) is 0 Å². The van der Waals surface area contributed by atoms with Crippen molar-refractivity contribution in [3.8, 4) is 0 Å². The van der Waals surface area contributed by atoms with Crippen LogP contribution in [0.15, 0.2) is 48.5 Å². The second-order valence-electron chi connectivity index (χ2n) is 9.64. The molecule has 0 saturated carbocycles. The largest absolute Gasteiger partial charge is 0.316 e. The van der Waals surface area contributed by atoms with E-state index in [0.717, 1.165) is 0 Å². The van der Waals surface area contributed by atoms with Gasteiger partial charge in [0.15, 0.2) is 0 Å². The van der Waals surface area contributed by atoms with Gasteiger partial charge in [0.1, 0.15) is 0 Å². The van der Waals surface area contributed by atoms with E-state index in [1.54, 1.807) is 22.3 Å². The average Bonchev–Trinajstić information content (AvgIpc) is 3.44. The normalized spacial score (nSPS) is 30.9. The number of nitrogens with one attached hydrogen (secondary N) is 1. The summed E-state index contributed by atoms with van der Waals surface area (Å²) in [7, 11) is 2.25. The van der Waals surface area contributed by atoms with Crippen molar-refractivity contribution in [2.24, 2.45) is 0 Å². The van der Waals surface area contributed by atoms with Gasteiger partial charge in [-0.3, -0.25) is 0 Å². The third kappa shape index (κ3) is 3.11. The maximum absolute atomic E-state index is 3.52.